The smallest absolute Gasteiger partial charge is 0.137 e. The van der Waals surface area contributed by atoms with Gasteiger partial charge in [0, 0.05) is 5.02 Å². The first-order chi connectivity index (χ1) is 10.4. The Morgan fingerprint density at radius 2 is 1.91 bits per heavy atom. The summed E-state index contributed by atoms with van der Waals surface area (Å²) in [6, 6.07) is 6.89. The van der Waals surface area contributed by atoms with Crippen LogP contribution in [0.25, 0.3) is 0 Å². The van der Waals surface area contributed by atoms with E-state index in [1.165, 1.54) is 12.7 Å². The molecule has 0 aliphatic rings. The lowest BCUT2D eigenvalue weighted by Gasteiger charge is -2.41. The van der Waals surface area contributed by atoms with Crippen LogP contribution in [-0.2, 0) is 12.1 Å². The van der Waals surface area contributed by atoms with Gasteiger partial charge in [-0.2, -0.15) is 5.10 Å². The zero-order valence-corrected chi connectivity index (χ0v) is 13.7. The van der Waals surface area contributed by atoms with Gasteiger partial charge in [0.05, 0.1) is 6.54 Å². The molecular weight excluding hydrogens is 302 g/mol. The Hall–Kier alpha value is -1.43. The molecule has 0 bridgehead atoms. The van der Waals surface area contributed by atoms with Gasteiger partial charge in [0.15, 0.2) is 0 Å². The maximum absolute atomic E-state index is 11.2. The summed E-state index contributed by atoms with van der Waals surface area (Å²) in [6.45, 7) is 3.85. The van der Waals surface area contributed by atoms with E-state index < -0.39 is 11.2 Å². The van der Waals surface area contributed by atoms with Crippen molar-refractivity contribution in [1.29, 1.82) is 0 Å². The van der Waals surface area contributed by atoms with Crippen LogP contribution in [0.5, 0.6) is 0 Å². The van der Waals surface area contributed by atoms with E-state index in [1.807, 2.05) is 6.92 Å². The minimum absolute atomic E-state index is 0.169. The monoisotopic (exact) mass is 323 g/mol. The first-order valence-corrected chi connectivity index (χ1v) is 7.80. The van der Waals surface area contributed by atoms with Crippen LogP contribution in [0.15, 0.2) is 36.9 Å². The van der Waals surface area contributed by atoms with Gasteiger partial charge in [-0.25, -0.2) is 9.67 Å². The Labute approximate surface area is 135 Å². The Balaban J connectivity index is 2.35. The van der Waals surface area contributed by atoms with Gasteiger partial charge in [0.2, 0.25) is 0 Å². The molecule has 0 amide bonds. The van der Waals surface area contributed by atoms with E-state index >= 15 is 0 Å². The molecule has 0 saturated heterocycles. The molecule has 0 saturated carbocycles. The largest absolute Gasteiger partial charge is 0.385 e. The number of unbranched alkanes of at least 4 members (excludes halogenated alkanes) is 1. The fourth-order valence-electron chi connectivity index (χ4n) is 2.57. The number of nitrogens with zero attached hydrogens (tertiary/aromatic N) is 3. The molecule has 2 N–H and O–H groups in total. The van der Waals surface area contributed by atoms with Gasteiger partial charge in [-0.3, -0.25) is 0 Å². The van der Waals surface area contributed by atoms with Crippen LogP contribution in [-0.4, -0.2) is 30.6 Å². The first kappa shape index (κ1) is 16.9. The molecule has 0 aliphatic heterocycles. The van der Waals surface area contributed by atoms with Crippen LogP contribution in [0.4, 0.5) is 0 Å². The van der Waals surface area contributed by atoms with Crippen LogP contribution in [0.1, 0.15) is 38.7 Å². The standard InChI is InChI=1S/C16H22ClN3O2/c1-3-4-9-16(22,10-20-12-18-11-19-20)15(2,21)13-5-7-14(17)8-6-13/h5-8,11-12,21-22H,3-4,9-10H2,1-2H3/t15-,16-/m1/s1. The molecule has 0 aliphatic carbocycles. The minimum Gasteiger partial charge on any atom is -0.385 e. The molecule has 1 heterocycles. The molecule has 0 spiro atoms. The van der Waals surface area contributed by atoms with Crippen molar-refractivity contribution in [2.24, 2.45) is 0 Å². The third kappa shape index (κ3) is 3.48. The van der Waals surface area contributed by atoms with Gasteiger partial charge >= 0.3 is 0 Å². The summed E-state index contributed by atoms with van der Waals surface area (Å²) < 4.78 is 1.54. The van der Waals surface area contributed by atoms with Crippen molar-refractivity contribution >= 4 is 11.6 Å². The first-order valence-electron chi connectivity index (χ1n) is 7.42. The molecular formula is C16H22ClN3O2. The second kappa shape index (κ2) is 6.77. The Kier molecular flexibility index (Phi) is 5.21. The van der Waals surface area contributed by atoms with E-state index in [0.717, 1.165) is 12.8 Å². The Morgan fingerprint density at radius 3 is 2.45 bits per heavy atom. The summed E-state index contributed by atoms with van der Waals surface area (Å²) in [6.07, 6.45) is 5.14. The van der Waals surface area contributed by atoms with Crippen LogP contribution >= 0.6 is 11.6 Å². The maximum Gasteiger partial charge on any atom is 0.137 e. The van der Waals surface area contributed by atoms with E-state index in [4.69, 9.17) is 11.6 Å². The summed E-state index contributed by atoms with van der Waals surface area (Å²) in [5.74, 6) is 0. The highest BCUT2D eigenvalue weighted by molar-refractivity contribution is 6.30. The SMILES string of the molecule is CCCC[C@@](O)(Cn1cncn1)[C@](C)(O)c1ccc(Cl)cc1. The molecule has 2 aromatic rings. The van der Waals surface area contributed by atoms with Crippen molar-refractivity contribution in [1.82, 2.24) is 14.8 Å². The minimum atomic E-state index is -1.43. The van der Waals surface area contributed by atoms with Crippen LogP contribution in [0.2, 0.25) is 5.02 Å². The van der Waals surface area contributed by atoms with Crippen molar-refractivity contribution in [2.75, 3.05) is 0 Å². The van der Waals surface area contributed by atoms with Crippen molar-refractivity contribution < 1.29 is 10.2 Å². The molecule has 1 aromatic heterocycles. The van der Waals surface area contributed by atoms with Crippen molar-refractivity contribution in [3.05, 3.63) is 47.5 Å². The van der Waals surface area contributed by atoms with Gasteiger partial charge in [0.1, 0.15) is 23.9 Å². The predicted molar refractivity (Wildman–Crippen MR) is 85.5 cm³/mol. The molecule has 6 heteroatoms. The van der Waals surface area contributed by atoms with Crippen LogP contribution in [0, 0.1) is 0 Å². The zero-order valence-electron chi connectivity index (χ0n) is 12.9. The molecule has 1 aromatic carbocycles. The quantitative estimate of drug-likeness (QED) is 0.822. The normalized spacial score (nSPS) is 17.0. The number of aliphatic hydroxyl groups is 2. The number of rotatable bonds is 7. The lowest BCUT2D eigenvalue weighted by molar-refractivity contribution is -0.162. The number of hydrogen-bond donors (Lipinski definition) is 2. The number of halogens is 1. The average molecular weight is 324 g/mol. The fourth-order valence-corrected chi connectivity index (χ4v) is 2.70. The van der Waals surface area contributed by atoms with Crippen molar-refractivity contribution in [3.8, 4) is 0 Å². The number of hydrogen-bond acceptors (Lipinski definition) is 4. The summed E-state index contributed by atoms with van der Waals surface area (Å²) in [7, 11) is 0. The zero-order chi connectivity index (χ0) is 16.2. The highest BCUT2D eigenvalue weighted by Gasteiger charge is 2.46. The summed E-state index contributed by atoms with van der Waals surface area (Å²) in [4.78, 5) is 3.89. The summed E-state index contributed by atoms with van der Waals surface area (Å²) >= 11 is 5.91. The van der Waals surface area contributed by atoms with E-state index in [-0.39, 0.29) is 6.54 Å². The second-order valence-corrected chi connectivity index (χ2v) is 6.24. The number of benzene rings is 1. The molecule has 22 heavy (non-hydrogen) atoms. The van der Waals surface area contributed by atoms with E-state index in [0.29, 0.717) is 17.0 Å². The van der Waals surface area contributed by atoms with E-state index in [1.54, 1.807) is 35.9 Å². The van der Waals surface area contributed by atoms with Crippen LogP contribution in [0.3, 0.4) is 0 Å². The molecule has 2 rings (SSSR count). The predicted octanol–water partition coefficient (Wildman–Crippen LogP) is 2.76. The maximum atomic E-state index is 11.2. The molecule has 0 radical (unpaired) electrons. The van der Waals surface area contributed by atoms with Gasteiger partial charge in [-0.15, -0.1) is 0 Å². The fraction of sp³-hybridized carbons (Fsp3) is 0.500. The topological polar surface area (TPSA) is 71.2 Å². The average Bonchev–Trinajstić information content (AvgIpc) is 2.98. The molecule has 0 unspecified atom stereocenters. The van der Waals surface area contributed by atoms with Crippen molar-refractivity contribution in [3.63, 3.8) is 0 Å². The highest BCUT2D eigenvalue weighted by atomic mass is 35.5. The lowest BCUT2D eigenvalue weighted by Crippen LogP contribution is -2.52. The Bertz CT molecular complexity index is 584. The second-order valence-electron chi connectivity index (χ2n) is 5.81. The molecule has 5 nitrogen and oxygen atoms in total. The molecule has 120 valence electrons. The summed E-state index contributed by atoms with van der Waals surface area (Å²) in [5.41, 5.74) is -2.17. The van der Waals surface area contributed by atoms with E-state index in [2.05, 4.69) is 10.1 Å². The number of aromatic nitrogens is 3. The third-order valence-corrected chi connectivity index (χ3v) is 4.40. The van der Waals surface area contributed by atoms with Gasteiger partial charge in [0.25, 0.3) is 0 Å². The molecule has 2 atom stereocenters. The van der Waals surface area contributed by atoms with E-state index in [9.17, 15) is 10.2 Å². The van der Waals surface area contributed by atoms with Gasteiger partial charge < -0.3 is 10.2 Å². The third-order valence-electron chi connectivity index (χ3n) is 4.15. The highest BCUT2D eigenvalue weighted by Crippen LogP contribution is 2.38. The summed E-state index contributed by atoms with van der Waals surface area (Å²) in [5, 5.41) is 26.9. The lowest BCUT2D eigenvalue weighted by atomic mass is 9.76. The van der Waals surface area contributed by atoms with Crippen LogP contribution < -0.4 is 0 Å². The Morgan fingerprint density at radius 1 is 1.23 bits per heavy atom. The van der Waals surface area contributed by atoms with Gasteiger partial charge in [-0.05, 0) is 31.0 Å². The van der Waals surface area contributed by atoms with Crippen molar-refractivity contribution in [2.45, 2.75) is 50.9 Å². The van der Waals surface area contributed by atoms with Gasteiger partial charge in [-0.1, -0.05) is 43.5 Å². The molecule has 0 fully saturated rings.